The predicted octanol–water partition coefficient (Wildman–Crippen LogP) is 5.88. The first-order valence-corrected chi connectivity index (χ1v) is 10.4. The number of anilines is 1. The number of aryl methyl sites for hydroxylation is 1. The van der Waals surface area contributed by atoms with Crippen molar-refractivity contribution in [3.63, 3.8) is 0 Å². The van der Waals surface area contributed by atoms with E-state index in [-0.39, 0.29) is 5.91 Å². The number of hydrogen-bond acceptors (Lipinski definition) is 5. The maximum absolute atomic E-state index is 12.9. The summed E-state index contributed by atoms with van der Waals surface area (Å²) in [4.78, 5) is 21.5. The Morgan fingerprint density at radius 3 is 2.81 bits per heavy atom. The number of oxazole rings is 1. The number of rotatable bonds is 7. The fourth-order valence-corrected chi connectivity index (χ4v) is 3.12. The van der Waals surface area contributed by atoms with Gasteiger partial charge in [-0.2, -0.15) is 4.98 Å². The van der Waals surface area contributed by atoms with Crippen LogP contribution in [-0.4, -0.2) is 22.5 Å². The first kappa shape index (κ1) is 20.6. The van der Waals surface area contributed by atoms with E-state index in [9.17, 15) is 4.79 Å². The van der Waals surface area contributed by atoms with Crippen LogP contribution in [0.4, 0.5) is 5.69 Å². The lowest BCUT2D eigenvalue weighted by Crippen LogP contribution is -2.13. The highest BCUT2D eigenvalue weighted by Crippen LogP contribution is 2.28. The summed E-state index contributed by atoms with van der Waals surface area (Å²) in [7, 11) is 0. The molecule has 0 saturated carbocycles. The van der Waals surface area contributed by atoms with Crippen molar-refractivity contribution in [2.24, 2.45) is 5.92 Å². The zero-order valence-electron chi connectivity index (χ0n) is 17.9. The molecule has 2 heterocycles. The molecule has 31 heavy (non-hydrogen) atoms. The minimum atomic E-state index is -0.200. The summed E-state index contributed by atoms with van der Waals surface area (Å²) in [6, 6.07) is 16.6. The quantitative estimate of drug-likeness (QED) is 0.408. The van der Waals surface area contributed by atoms with Crippen molar-refractivity contribution in [3.8, 4) is 17.2 Å². The second kappa shape index (κ2) is 9.00. The van der Waals surface area contributed by atoms with Gasteiger partial charge < -0.3 is 14.5 Å². The average molecular weight is 415 g/mol. The van der Waals surface area contributed by atoms with E-state index in [1.807, 2.05) is 43.3 Å². The summed E-state index contributed by atoms with van der Waals surface area (Å²) in [6.45, 7) is 6.88. The Bertz CT molecular complexity index is 1180. The standard InChI is InChI=1S/C25H25N3O3/c1-16(2)11-13-30-20-7-4-6-18(14-20)24(29)27-21-15-19(10-9-17(21)3)25-28-23-22(31-25)8-5-12-26-23/h4-10,12,14-16H,11,13H2,1-3H3,(H,27,29). The van der Waals surface area contributed by atoms with Crippen LogP contribution in [0.15, 0.2) is 65.2 Å². The Morgan fingerprint density at radius 1 is 1.13 bits per heavy atom. The van der Waals surface area contributed by atoms with Crippen molar-refractivity contribution >= 4 is 22.8 Å². The number of nitrogens with one attached hydrogen (secondary N) is 1. The smallest absolute Gasteiger partial charge is 0.255 e. The van der Waals surface area contributed by atoms with Gasteiger partial charge in [-0.15, -0.1) is 0 Å². The van der Waals surface area contributed by atoms with Crippen LogP contribution in [-0.2, 0) is 0 Å². The third-order valence-corrected chi connectivity index (χ3v) is 4.96. The molecule has 1 N–H and O–H groups in total. The fraction of sp³-hybridized carbons (Fsp3) is 0.240. The van der Waals surface area contributed by atoms with Crippen LogP contribution in [0.25, 0.3) is 22.7 Å². The number of aromatic nitrogens is 2. The Labute approximate surface area is 181 Å². The number of ether oxygens (including phenoxy) is 1. The molecule has 6 nitrogen and oxygen atoms in total. The van der Waals surface area contributed by atoms with Crippen molar-refractivity contribution in [2.75, 3.05) is 11.9 Å². The van der Waals surface area contributed by atoms with Crippen molar-refractivity contribution in [3.05, 3.63) is 71.9 Å². The molecule has 0 aliphatic rings. The summed E-state index contributed by atoms with van der Waals surface area (Å²) >= 11 is 0. The highest BCUT2D eigenvalue weighted by atomic mass is 16.5. The summed E-state index contributed by atoms with van der Waals surface area (Å²) in [6.07, 6.45) is 2.64. The summed E-state index contributed by atoms with van der Waals surface area (Å²) in [5.41, 5.74) is 4.12. The molecule has 0 aliphatic heterocycles. The number of hydrogen-bond donors (Lipinski definition) is 1. The van der Waals surface area contributed by atoms with Crippen LogP contribution in [0.5, 0.6) is 5.75 Å². The first-order chi connectivity index (χ1) is 15.0. The zero-order chi connectivity index (χ0) is 21.8. The van der Waals surface area contributed by atoms with E-state index in [1.165, 1.54) is 0 Å². The van der Waals surface area contributed by atoms with Gasteiger partial charge in [0.1, 0.15) is 5.75 Å². The molecule has 158 valence electrons. The SMILES string of the molecule is Cc1ccc(-c2nc3ncccc3o2)cc1NC(=O)c1cccc(OCCC(C)C)c1. The molecule has 0 atom stereocenters. The predicted molar refractivity (Wildman–Crippen MR) is 121 cm³/mol. The summed E-state index contributed by atoms with van der Waals surface area (Å²) in [5.74, 6) is 1.52. The molecular weight excluding hydrogens is 390 g/mol. The van der Waals surface area contributed by atoms with E-state index in [4.69, 9.17) is 9.15 Å². The van der Waals surface area contributed by atoms with Gasteiger partial charge in [0.2, 0.25) is 5.89 Å². The van der Waals surface area contributed by atoms with Crippen LogP contribution >= 0.6 is 0 Å². The molecule has 0 spiro atoms. The minimum Gasteiger partial charge on any atom is -0.494 e. The molecule has 1 amide bonds. The summed E-state index contributed by atoms with van der Waals surface area (Å²) < 4.78 is 11.6. The summed E-state index contributed by atoms with van der Waals surface area (Å²) in [5, 5.41) is 2.99. The van der Waals surface area contributed by atoms with Gasteiger partial charge in [-0.25, -0.2) is 4.98 Å². The number of carbonyl (C=O) groups excluding carboxylic acids is 1. The van der Waals surface area contributed by atoms with Crippen LogP contribution in [0.1, 0.15) is 36.2 Å². The molecule has 0 unspecified atom stereocenters. The molecule has 6 heteroatoms. The molecule has 4 aromatic rings. The third-order valence-electron chi connectivity index (χ3n) is 4.96. The van der Waals surface area contributed by atoms with E-state index >= 15 is 0 Å². The maximum Gasteiger partial charge on any atom is 0.255 e. The molecule has 0 aliphatic carbocycles. The lowest BCUT2D eigenvalue weighted by atomic mass is 10.1. The Balaban J connectivity index is 1.52. The van der Waals surface area contributed by atoms with Gasteiger partial charge in [0.05, 0.1) is 6.61 Å². The van der Waals surface area contributed by atoms with Crippen molar-refractivity contribution < 1.29 is 13.9 Å². The molecule has 0 bridgehead atoms. The van der Waals surface area contributed by atoms with Gasteiger partial charge >= 0.3 is 0 Å². The van der Waals surface area contributed by atoms with Crippen LogP contribution in [0.3, 0.4) is 0 Å². The van der Waals surface area contributed by atoms with Crippen molar-refractivity contribution in [2.45, 2.75) is 27.2 Å². The molecule has 0 fully saturated rings. The lowest BCUT2D eigenvalue weighted by Gasteiger charge is -2.11. The molecular formula is C25H25N3O3. The largest absolute Gasteiger partial charge is 0.494 e. The van der Waals surface area contributed by atoms with E-state index in [1.54, 1.807) is 24.4 Å². The average Bonchev–Trinajstić information content (AvgIpc) is 3.19. The number of fused-ring (bicyclic) bond motifs is 1. The van der Waals surface area contributed by atoms with E-state index in [2.05, 4.69) is 29.1 Å². The Morgan fingerprint density at radius 2 is 2.00 bits per heavy atom. The molecule has 0 saturated heterocycles. The van der Waals surface area contributed by atoms with Crippen molar-refractivity contribution in [1.82, 2.24) is 9.97 Å². The van der Waals surface area contributed by atoms with Gasteiger partial charge in [-0.3, -0.25) is 4.79 Å². The van der Waals surface area contributed by atoms with Crippen LogP contribution < -0.4 is 10.1 Å². The van der Waals surface area contributed by atoms with Gasteiger partial charge in [0.25, 0.3) is 5.91 Å². The highest BCUT2D eigenvalue weighted by molar-refractivity contribution is 6.05. The molecule has 4 rings (SSSR count). The van der Waals surface area contributed by atoms with Crippen molar-refractivity contribution in [1.29, 1.82) is 0 Å². The number of amides is 1. The zero-order valence-corrected chi connectivity index (χ0v) is 17.9. The second-order valence-electron chi connectivity index (χ2n) is 7.89. The highest BCUT2D eigenvalue weighted by Gasteiger charge is 2.13. The van der Waals surface area contributed by atoms with Gasteiger partial charge in [-0.1, -0.05) is 26.0 Å². The maximum atomic E-state index is 12.9. The van der Waals surface area contributed by atoms with E-state index < -0.39 is 0 Å². The number of pyridine rings is 1. The van der Waals surface area contributed by atoms with Crippen LogP contribution in [0.2, 0.25) is 0 Å². The molecule has 2 aromatic heterocycles. The Kier molecular flexibility index (Phi) is 5.98. The van der Waals surface area contributed by atoms with Crippen LogP contribution in [0, 0.1) is 12.8 Å². The van der Waals surface area contributed by atoms with Gasteiger partial charge in [0, 0.05) is 23.0 Å². The fourth-order valence-electron chi connectivity index (χ4n) is 3.12. The Hall–Kier alpha value is -3.67. The third kappa shape index (κ3) is 4.91. The normalized spacial score (nSPS) is 11.1. The molecule has 2 aromatic carbocycles. The number of nitrogens with zero attached hydrogens (tertiary/aromatic N) is 2. The lowest BCUT2D eigenvalue weighted by molar-refractivity contribution is 0.102. The number of benzene rings is 2. The molecule has 0 radical (unpaired) electrons. The number of carbonyl (C=O) groups is 1. The second-order valence-corrected chi connectivity index (χ2v) is 7.89. The monoisotopic (exact) mass is 415 g/mol. The van der Waals surface area contributed by atoms with E-state index in [0.717, 1.165) is 17.5 Å². The van der Waals surface area contributed by atoms with E-state index in [0.29, 0.717) is 46.6 Å². The van der Waals surface area contributed by atoms with Gasteiger partial charge in [-0.05, 0) is 67.3 Å². The topological polar surface area (TPSA) is 77.3 Å². The minimum absolute atomic E-state index is 0.200. The van der Waals surface area contributed by atoms with Gasteiger partial charge in [0.15, 0.2) is 11.2 Å². The first-order valence-electron chi connectivity index (χ1n) is 10.4.